The van der Waals surface area contributed by atoms with E-state index in [4.69, 9.17) is 5.73 Å². The Balaban J connectivity index is 2.87. The molecule has 0 amide bonds. The zero-order valence-corrected chi connectivity index (χ0v) is 12.3. The van der Waals surface area contributed by atoms with Crippen LogP contribution in [0.4, 0.5) is 11.6 Å². The summed E-state index contributed by atoms with van der Waals surface area (Å²) in [5.41, 5.74) is 5.73. The van der Waals surface area contributed by atoms with Crippen LogP contribution in [0.25, 0.3) is 0 Å². The molecule has 1 aromatic rings. The van der Waals surface area contributed by atoms with Gasteiger partial charge < -0.3 is 16.0 Å². The highest BCUT2D eigenvalue weighted by molar-refractivity contribution is 5.45. The number of aromatic nitrogens is 2. The molecule has 0 saturated heterocycles. The van der Waals surface area contributed by atoms with E-state index >= 15 is 0 Å². The summed E-state index contributed by atoms with van der Waals surface area (Å²) in [6.07, 6.45) is 0. The molecule has 0 bridgehead atoms. The summed E-state index contributed by atoms with van der Waals surface area (Å²) in [5.74, 6) is 2.07. The van der Waals surface area contributed by atoms with Gasteiger partial charge >= 0.3 is 0 Å². The predicted molar refractivity (Wildman–Crippen MR) is 76.8 cm³/mol. The van der Waals surface area contributed by atoms with Crippen molar-refractivity contribution in [1.29, 1.82) is 0 Å². The molecular formula is C13H25N5. The van der Waals surface area contributed by atoms with Crippen LogP contribution in [-0.4, -0.2) is 41.5 Å². The van der Waals surface area contributed by atoms with Crippen LogP contribution in [0.3, 0.4) is 0 Å². The summed E-state index contributed by atoms with van der Waals surface area (Å²) in [7, 11) is 4.10. The molecule has 0 radical (unpaired) electrons. The van der Waals surface area contributed by atoms with Crippen LogP contribution >= 0.6 is 0 Å². The topological polar surface area (TPSA) is 67.1 Å². The lowest BCUT2D eigenvalue weighted by Gasteiger charge is -2.21. The SMILES string of the molecule is CC(CN(C)C)Nc1cc(N)nc(C(C)(C)C)n1. The Morgan fingerprint density at radius 3 is 2.44 bits per heavy atom. The Morgan fingerprint density at radius 1 is 1.33 bits per heavy atom. The number of nitrogen functional groups attached to an aromatic ring is 1. The molecule has 0 spiro atoms. The summed E-state index contributed by atoms with van der Waals surface area (Å²) < 4.78 is 0. The van der Waals surface area contributed by atoms with Crippen molar-refractivity contribution < 1.29 is 0 Å². The molecule has 0 aliphatic heterocycles. The first-order valence-electron chi connectivity index (χ1n) is 6.25. The summed E-state index contributed by atoms with van der Waals surface area (Å²) in [6.45, 7) is 9.29. The summed E-state index contributed by atoms with van der Waals surface area (Å²) >= 11 is 0. The third-order valence-electron chi connectivity index (χ3n) is 2.45. The molecule has 0 aliphatic carbocycles. The first-order chi connectivity index (χ1) is 8.18. The van der Waals surface area contributed by atoms with Gasteiger partial charge in [0.1, 0.15) is 17.5 Å². The molecule has 0 fully saturated rings. The number of hydrogen-bond donors (Lipinski definition) is 2. The molecule has 1 atom stereocenters. The van der Waals surface area contributed by atoms with E-state index in [9.17, 15) is 0 Å². The highest BCUT2D eigenvalue weighted by atomic mass is 15.1. The van der Waals surface area contributed by atoms with E-state index in [1.54, 1.807) is 6.07 Å². The van der Waals surface area contributed by atoms with Crippen molar-refractivity contribution in [3.63, 3.8) is 0 Å². The molecular weight excluding hydrogens is 226 g/mol. The van der Waals surface area contributed by atoms with Crippen LogP contribution in [0.1, 0.15) is 33.5 Å². The molecule has 1 rings (SSSR count). The van der Waals surface area contributed by atoms with E-state index < -0.39 is 0 Å². The van der Waals surface area contributed by atoms with Gasteiger partial charge in [0, 0.05) is 24.1 Å². The van der Waals surface area contributed by atoms with Crippen LogP contribution < -0.4 is 11.1 Å². The van der Waals surface area contributed by atoms with Crippen molar-refractivity contribution >= 4 is 11.6 Å². The number of nitrogens with one attached hydrogen (secondary N) is 1. The fraction of sp³-hybridized carbons (Fsp3) is 0.692. The smallest absolute Gasteiger partial charge is 0.138 e. The Hall–Kier alpha value is -1.36. The van der Waals surface area contributed by atoms with Crippen LogP contribution in [-0.2, 0) is 5.41 Å². The average molecular weight is 251 g/mol. The molecule has 0 aliphatic rings. The number of nitrogens with two attached hydrogens (primary N) is 1. The molecule has 1 heterocycles. The quantitative estimate of drug-likeness (QED) is 0.853. The predicted octanol–water partition coefficient (Wildman–Crippen LogP) is 1.72. The number of rotatable bonds is 4. The maximum atomic E-state index is 5.83. The second-order valence-corrected chi connectivity index (χ2v) is 6.06. The Labute approximate surface area is 110 Å². The van der Waals surface area contributed by atoms with Crippen molar-refractivity contribution in [2.75, 3.05) is 31.7 Å². The third-order valence-corrected chi connectivity index (χ3v) is 2.45. The van der Waals surface area contributed by atoms with E-state index in [1.165, 1.54) is 0 Å². The van der Waals surface area contributed by atoms with Gasteiger partial charge in [0.2, 0.25) is 0 Å². The second kappa shape index (κ2) is 5.52. The summed E-state index contributed by atoms with van der Waals surface area (Å²) in [6, 6.07) is 2.09. The van der Waals surface area contributed by atoms with Crippen LogP contribution in [0.2, 0.25) is 0 Å². The van der Waals surface area contributed by atoms with E-state index in [1.807, 2.05) is 14.1 Å². The van der Waals surface area contributed by atoms with Gasteiger partial charge in [0.05, 0.1) is 0 Å². The molecule has 0 aromatic carbocycles. The van der Waals surface area contributed by atoms with Crippen LogP contribution in [0.5, 0.6) is 0 Å². The van der Waals surface area contributed by atoms with E-state index in [-0.39, 0.29) is 5.41 Å². The van der Waals surface area contributed by atoms with Crippen molar-refractivity contribution in [3.05, 3.63) is 11.9 Å². The van der Waals surface area contributed by atoms with Gasteiger partial charge in [-0.15, -0.1) is 0 Å². The van der Waals surface area contributed by atoms with Crippen LogP contribution in [0, 0.1) is 0 Å². The van der Waals surface area contributed by atoms with E-state index in [0.29, 0.717) is 11.9 Å². The molecule has 5 nitrogen and oxygen atoms in total. The van der Waals surface area contributed by atoms with Crippen molar-refractivity contribution in [2.45, 2.75) is 39.2 Å². The van der Waals surface area contributed by atoms with Gasteiger partial charge in [-0.1, -0.05) is 20.8 Å². The molecule has 5 heteroatoms. The van der Waals surface area contributed by atoms with Gasteiger partial charge in [-0.05, 0) is 21.0 Å². The Bertz CT molecular complexity index is 395. The van der Waals surface area contributed by atoms with E-state index in [0.717, 1.165) is 18.2 Å². The molecule has 0 saturated carbocycles. The van der Waals surface area contributed by atoms with Gasteiger partial charge in [-0.25, -0.2) is 9.97 Å². The van der Waals surface area contributed by atoms with E-state index in [2.05, 4.69) is 47.9 Å². The highest BCUT2D eigenvalue weighted by Gasteiger charge is 2.19. The summed E-state index contributed by atoms with van der Waals surface area (Å²) in [5, 5.41) is 3.35. The van der Waals surface area contributed by atoms with Gasteiger partial charge in [0.25, 0.3) is 0 Å². The lowest BCUT2D eigenvalue weighted by Crippen LogP contribution is -2.30. The lowest BCUT2D eigenvalue weighted by molar-refractivity contribution is 0.391. The monoisotopic (exact) mass is 251 g/mol. The van der Waals surface area contributed by atoms with Gasteiger partial charge in [-0.2, -0.15) is 0 Å². The molecule has 1 unspecified atom stereocenters. The zero-order chi connectivity index (χ0) is 13.9. The number of likely N-dealkylation sites (N-methyl/N-ethyl adjacent to an activating group) is 1. The minimum Gasteiger partial charge on any atom is -0.384 e. The number of anilines is 2. The first-order valence-corrected chi connectivity index (χ1v) is 6.25. The maximum absolute atomic E-state index is 5.83. The molecule has 102 valence electrons. The van der Waals surface area contributed by atoms with Crippen molar-refractivity contribution in [1.82, 2.24) is 14.9 Å². The van der Waals surface area contributed by atoms with Gasteiger partial charge in [-0.3, -0.25) is 0 Å². The van der Waals surface area contributed by atoms with Crippen molar-refractivity contribution in [3.8, 4) is 0 Å². The standard InChI is InChI=1S/C13H25N5/c1-9(8-18(5)6)15-11-7-10(14)16-12(17-11)13(2,3)4/h7,9H,8H2,1-6H3,(H3,14,15,16,17). The average Bonchev–Trinajstić information content (AvgIpc) is 2.13. The largest absolute Gasteiger partial charge is 0.384 e. The fourth-order valence-electron chi connectivity index (χ4n) is 1.72. The van der Waals surface area contributed by atoms with Crippen molar-refractivity contribution in [2.24, 2.45) is 0 Å². The molecule has 18 heavy (non-hydrogen) atoms. The fourth-order valence-corrected chi connectivity index (χ4v) is 1.72. The Kier molecular flexibility index (Phi) is 4.51. The van der Waals surface area contributed by atoms with Crippen LogP contribution in [0.15, 0.2) is 6.07 Å². The second-order valence-electron chi connectivity index (χ2n) is 6.06. The molecule has 3 N–H and O–H groups in total. The Morgan fingerprint density at radius 2 is 1.94 bits per heavy atom. The first kappa shape index (κ1) is 14.7. The van der Waals surface area contributed by atoms with Gasteiger partial charge in [0.15, 0.2) is 0 Å². The molecule has 1 aromatic heterocycles. The zero-order valence-electron chi connectivity index (χ0n) is 12.3. The summed E-state index contributed by atoms with van der Waals surface area (Å²) in [4.78, 5) is 11.0. The third kappa shape index (κ3) is 4.49. The number of hydrogen-bond acceptors (Lipinski definition) is 5. The minimum atomic E-state index is -0.101. The highest BCUT2D eigenvalue weighted by Crippen LogP contribution is 2.21. The normalized spacial score (nSPS) is 13.7. The number of nitrogens with zero attached hydrogens (tertiary/aromatic N) is 3. The minimum absolute atomic E-state index is 0.101. The lowest BCUT2D eigenvalue weighted by atomic mass is 9.96. The maximum Gasteiger partial charge on any atom is 0.138 e.